The smallest absolute Gasteiger partial charge is 0.330 e. The average molecular weight is 360 g/mol. The first-order valence-electron chi connectivity index (χ1n) is 9.10. The van der Waals surface area contributed by atoms with Crippen LogP contribution in [-0.2, 0) is 14.4 Å². The highest BCUT2D eigenvalue weighted by Crippen LogP contribution is 2.24. The van der Waals surface area contributed by atoms with E-state index in [0.717, 1.165) is 11.1 Å². The van der Waals surface area contributed by atoms with Gasteiger partial charge >= 0.3 is 5.97 Å². The molecule has 142 valence electrons. The van der Waals surface area contributed by atoms with Crippen molar-refractivity contribution >= 4 is 17.8 Å². The first-order valence-corrected chi connectivity index (χ1v) is 9.10. The molecule has 1 unspecified atom stereocenters. The number of nitrogens with one attached hydrogen (secondary N) is 1. The summed E-state index contributed by atoms with van der Waals surface area (Å²) in [5, 5.41) is 12.3. The van der Waals surface area contributed by atoms with E-state index in [2.05, 4.69) is 5.32 Å². The molecule has 2 amide bonds. The van der Waals surface area contributed by atoms with E-state index in [1.165, 1.54) is 0 Å². The number of nitrogens with zero attached hydrogens (tertiary/aromatic N) is 1. The maximum Gasteiger partial charge on any atom is 0.330 e. The van der Waals surface area contributed by atoms with Gasteiger partial charge in [-0.2, -0.15) is 0 Å². The van der Waals surface area contributed by atoms with Crippen LogP contribution in [0.1, 0.15) is 49.4 Å². The highest BCUT2D eigenvalue weighted by Gasteiger charge is 2.31. The maximum atomic E-state index is 12.6. The van der Waals surface area contributed by atoms with Gasteiger partial charge in [-0.25, -0.2) is 4.79 Å². The lowest BCUT2D eigenvalue weighted by Crippen LogP contribution is -2.45. The van der Waals surface area contributed by atoms with Crippen molar-refractivity contribution in [3.63, 3.8) is 0 Å². The van der Waals surface area contributed by atoms with Gasteiger partial charge in [0.25, 0.3) is 0 Å². The molecule has 1 aliphatic rings. The van der Waals surface area contributed by atoms with Crippen molar-refractivity contribution in [1.29, 1.82) is 0 Å². The van der Waals surface area contributed by atoms with Crippen LogP contribution in [0.2, 0.25) is 0 Å². The summed E-state index contributed by atoms with van der Waals surface area (Å²) in [7, 11) is 0. The van der Waals surface area contributed by atoms with Gasteiger partial charge in [0.2, 0.25) is 11.8 Å². The lowest BCUT2D eigenvalue weighted by atomic mass is 9.93. The molecule has 6 heteroatoms. The molecular formula is C20H28N2O4. The van der Waals surface area contributed by atoms with Crippen LogP contribution in [0.4, 0.5) is 0 Å². The molecular weight excluding hydrogens is 332 g/mol. The summed E-state index contributed by atoms with van der Waals surface area (Å²) in [6, 6.07) is 4.40. The Morgan fingerprint density at radius 1 is 1.15 bits per heavy atom. The zero-order chi connectivity index (χ0) is 19.4. The fourth-order valence-corrected chi connectivity index (χ4v) is 3.35. The Balaban J connectivity index is 2.04. The fourth-order valence-electron chi connectivity index (χ4n) is 3.35. The second-order valence-corrected chi connectivity index (χ2v) is 7.32. The van der Waals surface area contributed by atoms with E-state index in [1.807, 2.05) is 33.8 Å². The normalized spacial score (nSPS) is 16.4. The molecule has 1 aromatic rings. The molecule has 6 nitrogen and oxygen atoms in total. The number of aliphatic carboxylic acids is 1. The van der Waals surface area contributed by atoms with E-state index < -0.39 is 12.0 Å². The van der Waals surface area contributed by atoms with Crippen LogP contribution in [-0.4, -0.2) is 40.9 Å². The monoisotopic (exact) mass is 360 g/mol. The van der Waals surface area contributed by atoms with Gasteiger partial charge < -0.3 is 15.3 Å². The van der Waals surface area contributed by atoms with Crippen molar-refractivity contribution in [3.05, 3.63) is 34.9 Å². The molecule has 0 saturated carbocycles. The van der Waals surface area contributed by atoms with Crippen molar-refractivity contribution in [1.82, 2.24) is 10.2 Å². The minimum absolute atomic E-state index is 0.0546. The highest BCUT2D eigenvalue weighted by molar-refractivity contribution is 5.86. The summed E-state index contributed by atoms with van der Waals surface area (Å²) in [4.78, 5) is 38.2. The van der Waals surface area contributed by atoms with E-state index in [4.69, 9.17) is 0 Å². The van der Waals surface area contributed by atoms with E-state index >= 15 is 0 Å². The summed E-state index contributed by atoms with van der Waals surface area (Å²) in [6.45, 7) is 8.59. The molecule has 1 aromatic carbocycles. The quantitative estimate of drug-likeness (QED) is 0.844. The number of rotatable bonds is 5. The van der Waals surface area contributed by atoms with Gasteiger partial charge in [-0.1, -0.05) is 32.0 Å². The molecule has 1 heterocycles. The second-order valence-electron chi connectivity index (χ2n) is 7.32. The summed E-state index contributed by atoms with van der Waals surface area (Å²) in [5.41, 5.74) is 2.47. The Hall–Kier alpha value is -2.37. The lowest BCUT2D eigenvalue weighted by Gasteiger charge is -2.33. The molecule has 0 aromatic heterocycles. The number of benzene rings is 1. The predicted octanol–water partition coefficient (Wildman–Crippen LogP) is 2.44. The summed E-state index contributed by atoms with van der Waals surface area (Å²) < 4.78 is 0. The van der Waals surface area contributed by atoms with Gasteiger partial charge in [0, 0.05) is 24.9 Å². The molecule has 0 radical (unpaired) electrons. The second kappa shape index (κ2) is 8.34. The van der Waals surface area contributed by atoms with Crippen LogP contribution >= 0.6 is 0 Å². The van der Waals surface area contributed by atoms with Gasteiger partial charge in [0.15, 0.2) is 6.04 Å². The summed E-state index contributed by atoms with van der Waals surface area (Å²) in [5.74, 6) is -1.55. The number of amides is 2. The molecule has 2 rings (SSSR count). The Bertz CT molecular complexity index is 691. The van der Waals surface area contributed by atoms with Crippen molar-refractivity contribution in [3.8, 4) is 0 Å². The molecule has 0 bridgehead atoms. The number of carboxylic acid groups (broad SMARTS) is 1. The molecule has 1 aliphatic heterocycles. The summed E-state index contributed by atoms with van der Waals surface area (Å²) >= 11 is 0. The van der Waals surface area contributed by atoms with Crippen LogP contribution in [0.25, 0.3) is 0 Å². The molecule has 1 atom stereocenters. The van der Waals surface area contributed by atoms with Crippen LogP contribution < -0.4 is 5.32 Å². The van der Waals surface area contributed by atoms with Gasteiger partial charge in [-0.15, -0.1) is 0 Å². The number of carboxylic acids is 1. The minimum Gasteiger partial charge on any atom is -0.479 e. The minimum atomic E-state index is -1.07. The topological polar surface area (TPSA) is 86.7 Å². The Morgan fingerprint density at radius 2 is 1.77 bits per heavy atom. The SMILES string of the molecule is Cc1cccc(C(NC(=O)C2CCN(C(=O)C(C)C)CC2)C(=O)O)c1C. The number of aryl methyl sites for hydroxylation is 1. The third-order valence-corrected chi connectivity index (χ3v) is 5.16. The number of hydrogen-bond acceptors (Lipinski definition) is 3. The van der Waals surface area contributed by atoms with Crippen molar-refractivity contribution < 1.29 is 19.5 Å². The maximum absolute atomic E-state index is 12.6. The van der Waals surface area contributed by atoms with Gasteiger partial charge in [0.1, 0.15) is 0 Å². The standard InChI is InChI=1S/C20H28N2O4/c1-12(2)19(24)22-10-8-15(9-11-22)18(23)21-17(20(25)26)16-7-5-6-13(3)14(16)4/h5-7,12,15,17H,8-11H2,1-4H3,(H,21,23)(H,25,26). The van der Waals surface area contributed by atoms with Gasteiger partial charge in [-0.05, 0) is 43.4 Å². The Kier molecular flexibility index (Phi) is 6.40. The van der Waals surface area contributed by atoms with Crippen molar-refractivity contribution in [2.45, 2.75) is 46.6 Å². The van der Waals surface area contributed by atoms with E-state index in [9.17, 15) is 19.5 Å². The molecule has 26 heavy (non-hydrogen) atoms. The van der Waals surface area contributed by atoms with Crippen molar-refractivity contribution in [2.75, 3.05) is 13.1 Å². The number of carbonyl (C=O) groups excluding carboxylic acids is 2. The first-order chi connectivity index (χ1) is 12.2. The fraction of sp³-hybridized carbons (Fsp3) is 0.550. The van der Waals surface area contributed by atoms with Crippen LogP contribution in [0.5, 0.6) is 0 Å². The predicted molar refractivity (Wildman–Crippen MR) is 98.6 cm³/mol. The molecule has 1 fully saturated rings. The Labute approximate surface area is 154 Å². The van der Waals surface area contributed by atoms with E-state index in [0.29, 0.717) is 31.5 Å². The lowest BCUT2D eigenvalue weighted by molar-refractivity contribution is -0.143. The number of piperidine rings is 1. The van der Waals surface area contributed by atoms with Crippen molar-refractivity contribution in [2.24, 2.45) is 11.8 Å². The van der Waals surface area contributed by atoms with Crippen LogP contribution in [0.15, 0.2) is 18.2 Å². The zero-order valence-electron chi connectivity index (χ0n) is 15.9. The molecule has 0 spiro atoms. The average Bonchev–Trinajstić information content (AvgIpc) is 2.61. The van der Waals surface area contributed by atoms with Crippen LogP contribution in [0.3, 0.4) is 0 Å². The highest BCUT2D eigenvalue weighted by atomic mass is 16.4. The van der Waals surface area contributed by atoms with E-state index in [-0.39, 0.29) is 23.7 Å². The van der Waals surface area contributed by atoms with Gasteiger partial charge in [0.05, 0.1) is 0 Å². The largest absolute Gasteiger partial charge is 0.479 e. The third-order valence-electron chi connectivity index (χ3n) is 5.16. The molecule has 0 aliphatic carbocycles. The summed E-state index contributed by atoms with van der Waals surface area (Å²) in [6.07, 6.45) is 1.12. The number of likely N-dealkylation sites (tertiary alicyclic amines) is 1. The van der Waals surface area contributed by atoms with Gasteiger partial charge in [-0.3, -0.25) is 9.59 Å². The van der Waals surface area contributed by atoms with E-state index in [1.54, 1.807) is 17.0 Å². The third kappa shape index (κ3) is 4.42. The first kappa shape index (κ1) is 19.9. The number of carbonyl (C=O) groups is 3. The zero-order valence-corrected chi connectivity index (χ0v) is 15.9. The molecule has 1 saturated heterocycles. The number of hydrogen-bond donors (Lipinski definition) is 2. The molecule has 2 N–H and O–H groups in total. The Morgan fingerprint density at radius 3 is 2.31 bits per heavy atom. The van der Waals surface area contributed by atoms with Crippen LogP contribution in [0, 0.1) is 25.7 Å².